The lowest BCUT2D eigenvalue weighted by Gasteiger charge is -2.21. The third-order valence-electron chi connectivity index (χ3n) is 13.4. The van der Waals surface area contributed by atoms with Gasteiger partial charge in [-0.2, -0.15) is 0 Å². The third-order valence-corrected chi connectivity index (χ3v) is 13.4. The number of fused-ring (bicyclic) bond motifs is 9. The number of allylic oxidation sites excluding steroid dienone is 1. The van der Waals surface area contributed by atoms with Crippen LogP contribution < -0.4 is 0 Å². The molecule has 0 saturated heterocycles. The maximum Gasteiger partial charge on any atom is 0.160 e. The first-order valence-corrected chi connectivity index (χ1v) is 22.4. The molecule has 0 N–H and O–H groups in total. The largest absolute Gasteiger partial charge is 0.456 e. The van der Waals surface area contributed by atoms with E-state index < -0.39 is 0 Å². The predicted molar refractivity (Wildman–Crippen MR) is 274 cm³/mol. The van der Waals surface area contributed by atoms with Crippen LogP contribution in [0.1, 0.15) is 30.0 Å². The second-order valence-corrected chi connectivity index (χ2v) is 17.4. The van der Waals surface area contributed by atoms with E-state index in [1.807, 2.05) is 0 Å². The van der Waals surface area contributed by atoms with Crippen molar-refractivity contribution in [1.82, 2.24) is 4.57 Å². The molecule has 13 rings (SSSR count). The number of hydrogen-bond donors (Lipinski definition) is 0. The van der Waals surface area contributed by atoms with E-state index in [4.69, 9.17) is 14.4 Å². The van der Waals surface area contributed by atoms with Gasteiger partial charge in [-0.1, -0.05) is 171 Å². The van der Waals surface area contributed by atoms with Gasteiger partial charge in [0.1, 0.15) is 11.2 Å². The highest BCUT2D eigenvalue weighted by molar-refractivity contribution is 6.20. The Hall–Kier alpha value is -8.34. The van der Waals surface area contributed by atoms with Crippen molar-refractivity contribution in [1.29, 1.82) is 0 Å². The summed E-state index contributed by atoms with van der Waals surface area (Å²) in [5, 5.41) is 11.6. The van der Waals surface area contributed by atoms with Gasteiger partial charge in [-0.05, 0) is 104 Å². The quantitative estimate of drug-likeness (QED) is 0.170. The van der Waals surface area contributed by atoms with E-state index in [0.29, 0.717) is 5.84 Å². The molecule has 1 unspecified atom stereocenters. The minimum absolute atomic E-state index is 0.0764. The second-order valence-electron chi connectivity index (χ2n) is 17.4. The van der Waals surface area contributed by atoms with Gasteiger partial charge in [-0.25, -0.2) is 9.98 Å². The Balaban J connectivity index is 1.12. The van der Waals surface area contributed by atoms with Gasteiger partial charge in [0, 0.05) is 38.6 Å². The molecule has 1 aliphatic rings. The molecule has 65 heavy (non-hydrogen) atoms. The fraction of sp³-hybridized carbons (Fsp3) is 0.0492. The Bertz CT molecular complexity index is 3980. The van der Waals surface area contributed by atoms with Crippen molar-refractivity contribution < 1.29 is 4.42 Å². The molecule has 0 radical (unpaired) electrons. The number of aromatic nitrogens is 1. The number of para-hydroxylation sites is 1. The van der Waals surface area contributed by atoms with Crippen molar-refractivity contribution in [2.75, 3.05) is 0 Å². The Morgan fingerprint density at radius 2 is 1.05 bits per heavy atom. The summed E-state index contributed by atoms with van der Waals surface area (Å²) < 4.78 is 9.29. The summed E-state index contributed by atoms with van der Waals surface area (Å²) in [4.78, 5) is 11.4. The highest BCUT2D eigenvalue weighted by Gasteiger charge is 2.26. The molecule has 0 spiro atoms. The molecule has 3 heterocycles. The SMILES string of the molecule is CC1C/C=C(\c2c(-n3c4ccccc4c4cc5ccccc5cc43)ccc3oc4cc5ccccc5cc4c23)N=C(c2ccc(-c3ccccc3)cc2)N=C1c1ccc2ccccc2c1. The van der Waals surface area contributed by atoms with Crippen molar-refractivity contribution in [2.24, 2.45) is 15.9 Å². The molecule has 10 aromatic carbocycles. The molecular weight excluding hydrogens is 791 g/mol. The third kappa shape index (κ3) is 6.21. The van der Waals surface area contributed by atoms with Gasteiger partial charge in [-0.3, -0.25) is 0 Å². The van der Waals surface area contributed by atoms with Crippen LogP contribution in [-0.4, -0.2) is 16.1 Å². The molecule has 0 fully saturated rings. The summed E-state index contributed by atoms with van der Waals surface area (Å²) in [6.07, 6.45) is 3.08. The zero-order chi connectivity index (χ0) is 43.0. The van der Waals surface area contributed by atoms with E-state index in [9.17, 15) is 0 Å². The van der Waals surface area contributed by atoms with E-state index in [1.54, 1.807) is 0 Å². The highest BCUT2D eigenvalue weighted by atomic mass is 16.3. The van der Waals surface area contributed by atoms with Crippen LogP contribution in [0, 0.1) is 5.92 Å². The molecule has 0 amide bonds. The zero-order valence-corrected chi connectivity index (χ0v) is 35.7. The Labute approximate surface area is 375 Å². The number of rotatable bonds is 5. The van der Waals surface area contributed by atoms with Crippen LogP contribution in [0.25, 0.3) is 98.6 Å². The Morgan fingerprint density at radius 3 is 1.82 bits per heavy atom. The first kappa shape index (κ1) is 37.2. The van der Waals surface area contributed by atoms with Crippen LogP contribution in [0.5, 0.6) is 0 Å². The summed E-state index contributed by atoms with van der Waals surface area (Å²) in [5.74, 6) is 0.743. The summed E-state index contributed by atoms with van der Waals surface area (Å²) in [6.45, 7) is 2.29. The minimum atomic E-state index is 0.0764. The first-order chi connectivity index (χ1) is 32.1. The van der Waals surface area contributed by atoms with E-state index >= 15 is 0 Å². The van der Waals surface area contributed by atoms with E-state index in [-0.39, 0.29) is 5.92 Å². The monoisotopic (exact) mass is 831 g/mol. The van der Waals surface area contributed by atoms with E-state index in [2.05, 4.69) is 224 Å². The number of amidine groups is 1. The van der Waals surface area contributed by atoms with Crippen molar-refractivity contribution in [3.8, 4) is 16.8 Å². The molecular formula is C61H41N3O. The maximum atomic E-state index is 6.84. The number of furan rings is 1. The van der Waals surface area contributed by atoms with Gasteiger partial charge in [-0.15, -0.1) is 0 Å². The molecule has 306 valence electrons. The molecule has 2 aromatic heterocycles. The van der Waals surface area contributed by atoms with E-state index in [1.165, 1.54) is 37.9 Å². The first-order valence-electron chi connectivity index (χ1n) is 22.4. The maximum absolute atomic E-state index is 6.84. The van der Waals surface area contributed by atoms with Crippen molar-refractivity contribution in [2.45, 2.75) is 13.3 Å². The van der Waals surface area contributed by atoms with Crippen LogP contribution in [0.15, 0.2) is 227 Å². The average Bonchev–Trinajstić information content (AvgIpc) is 3.88. The van der Waals surface area contributed by atoms with Crippen molar-refractivity contribution >= 4 is 93.3 Å². The molecule has 0 aliphatic carbocycles. The fourth-order valence-electron chi connectivity index (χ4n) is 10.1. The minimum Gasteiger partial charge on any atom is -0.456 e. The predicted octanol–water partition coefficient (Wildman–Crippen LogP) is 16.1. The number of nitrogens with zero attached hydrogens (tertiary/aromatic N) is 3. The molecule has 1 aliphatic heterocycles. The molecule has 4 nitrogen and oxygen atoms in total. The van der Waals surface area contributed by atoms with Crippen LogP contribution in [-0.2, 0) is 0 Å². The van der Waals surface area contributed by atoms with E-state index in [0.717, 1.165) is 89.5 Å². The summed E-state index contributed by atoms with van der Waals surface area (Å²) in [5.41, 5.74) is 12.2. The van der Waals surface area contributed by atoms with Gasteiger partial charge < -0.3 is 8.98 Å². The number of aliphatic imine (C=N–C) groups is 2. The van der Waals surface area contributed by atoms with Crippen LogP contribution in [0.2, 0.25) is 0 Å². The van der Waals surface area contributed by atoms with Crippen LogP contribution in [0.3, 0.4) is 0 Å². The Morgan fingerprint density at radius 1 is 0.446 bits per heavy atom. The summed E-state index contributed by atoms with van der Waals surface area (Å²) in [6, 6.07) is 74.0. The second kappa shape index (κ2) is 14.9. The van der Waals surface area contributed by atoms with Crippen molar-refractivity contribution in [3.63, 3.8) is 0 Å². The molecule has 12 aromatic rings. The number of hydrogen-bond acceptors (Lipinski definition) is 3. The molecule has 4 heteroatoms. The van der Waals surface area contributed by atoms with Gasteiger partial charge in [0.15, 0.2) is 5.84 Å². The van der Waals surface area contributed by atoms with Gasteiger partial charge in [0.25, 0.3) is 0 Å². The van der Waals surface area contributed by atoms with Crippen molar-refractivity contribution in [3.05, 3.63) is 229 Å². The standard InChI is InChI=1S/C61H41N3O/c1-38-23-30-52(62-61(42-27-24-41(25-28-42)39-13-3-2-4-14-39)63-60(38)48-29-26-40-15-5-6-16-43(40)33-48)59-54(31-32-56-58(59)51-35-45-18-8-10-20-47(45)37-57(51)65-56)64-53-22-12-11-21-49(53)50-34-44-17-7-9-19-46(44)36-55(50)64/h2-22,24-38H,23H2,1H3/b52-30+,62-61?,63-60?. The zero-order valence-electron chi connectivity index (χ0n) is 35.7. The fourth-order valence-corrected chi connectivity index (χ4v) is 10.1. The molecule has 0 saturated carbocycles. The topological polar surface area (TPSA) is 42.8 Å². The lowest BCUT2D eigenvalue weighted by Crippen LogP contribution is -2.17. The van der Waals surface area contributed by atoms with Crippen LogP contribution in [0.4, 0.5) is 0 Å². The number of benzene rings is 10. The van der Waals surface area contributed by atoms with Gasteiger partial charge in [0.2, 0.25) is 0 Å². The lowest BCUT2D eigenvalue weighted by molar-refractivity contribution is 0.669. The normalized spacial score (nSPS) is 15.4. The Kier molecular flexibility index (Phi) is 8.53. The molecule has 1 atom stereocenters. The molecule has 0 bridgehead atoms. The summed E-state index contributed by atoms with van der Waals surface area (Å²) >= 11 is 0. The summed E-state index contributed by atoms with van der Waals surface area (Å²) in [7, 11) is 0. The van der Waals surface area contributed by atoms with Gasteiger partial charge in [0.05, 0.1) is 28.1 Å². The lowest BCUT2D eigenvalue weighted by atomic mass is 9.91. The highest BCUT2D eigenvalue weighted by Crippen LogP contribution is 2.44. The smallest absolute Gasteiger partial charge is 0.160 e. The van der Waals surface area contributed by atoms with Gasteiger partial charge >= 0.3 is 0 Å². The average molecular weight is 832 g/mol. The van der Waals surface area contributed by atoms with Crippen LogP contribution >= 0.6 is 0 Å².